The number of benzene rings is 1. The third kappa shape index (κ3) is 5.85. The number of fused-ring (bicyclic) bond motifs is 1. The summed E-state index contributed by atoms with van der Waals surface area (Å²) >= 11 is 1.05. The molecule has 0 bridgehead atoms. The minimum atomic E-state index is -5.09. The highest BCUT2D eigenvalue weighted by Gasteiger charge is 2.42. The van der Waals surface area contributed by atoms with Gasteiger partial charge in [0.2, 0.25) is 20.9 Å². The highest BCUT2D eigenvalue weighted by atomic mass is 32.2. The summed E-state index contributed by atoms with van der Waals surface area (Å²) in [6.07, 6.45) is -6.25. The first kappa shape index (κ1) is 28.4. The Morgan fingerprint density at radius 1 is 1.11 bits per heavy atom. The fourth-order valence-corrected chi connectivity index (χ4v) is 6.34. The van der Waals surface area contributed by atoms with Gasteiger partial charge in [-0.25, -0.2) is 31.4 Å². The van der Waals surface area contributed by atoms with Crippen LogP contribution in [0.25, 0.3) is 16.2 Å². The van der Waals surface area contributed by atoms with Gasteiger partial charge in [-0.15, -0.1) is 0 Å². The predicted molar refractivity (Wildman–Crippen MR) is 122 cm³/mol. The van der Waals surface area contributed by atoms with Crippen molar-refractivity contribution in [1.29, 1.82) is 0 Å². The number of nitrogens with zero attached hydrogens (tertiary/aromatic N) is 3. The molecule has 0 aliphatic carbocycles. The summed E-state index contributed by atoms with van der Waals surface area (Å²) in [4.78, 5) is 3.41. The number of aliphatic hydroxyl groups excluding tert-OH is 1. The van der Waals surface area contributed by atoms with E-state index in [1.54, 1.807) is 6.92 Å². The van der Waals surface area contributed by atoms with Gasteiger partial charge < -0.3 is 10.2 Å². The first-order chi connectivity index (χ1) is 16.2. The second-order valence-electron chi connectivity index (χ2n) is 9.49. The van der Waals surface area contributed by atoms with Crippen LogP contribution in [0, 0.1) is 6.92 Å². The number of aliphatic hydroxyl groups is 2. The van der Waals surface area contributed by atoms with E-state index in [1.165, 1.54) is 18.4 Å². The van der Waals surface area contributed by atoms with Crippen LogP contribution >= 0.6 is 11.3 Å². The number of aromatic nitrogens is 3. The molecular weight excluding hydrogens is 531 g/mol. The molecule has 2 aromatic heterocycles. The standard InChI is InChI=1S/C21H25F5N4O4S2/c1-11-15(30-17(27-11)35-16(28-30)18(2,3)32)12-6-7-13(21(24,25)26)14(8-12)36(33,34)29-19(4,10-31)9-20(5,22)23/h6-8,29,31-32H,9-10H2,1-5H3. The lowest BCUT2D eigenvalue weighted by molar-refractivity contribution is -0.139. The van der Waals surface area contributed by atoms with E-state index < -0.39 is 56.7 Å². The Bertz CT molecular complexity index is 1390. The third-order valence-corrected chi connectivity index (χ3v) is 8.08. The van der Waals surface area contributed by atoms with Crippen molar-refractivity contribution in [3.05, 3.63) is 34.5 Å². The number of hydrogen-bond donors (Lipinski definition) is 3. The zero-order chi connectivity index (χ0) is 27.5. The summed E-state index contributed by atoms with van der Waals surface area (Å²) in [5.41, 5.74) is -4.47. The number of nitrogens with one attached hydrogen (secondary N) is 1. The van der Waals surface area contributed by atoms with E-state index in [0.717, 1.165) is 30.4 Å². The zero-order valence-electron chi connectivity index (χ0n) is 19.9. The highest BCUT2D eigenvalue weighted by Crippen LogP contribution is 2.39. The maximum absolute atomic E-state index is 13.8. The molecule has 0 spiro atoms. The number of aryl methyl sites for hydroxylation is 1. The average molecular weight is 557 g/mol. The molecule has 3 aromatic rings. The number of rotatable bonds is 8. The Morgan fingerprint density at radius 3 is 2.22 bits per heavy atom. The van der Waals surface area contributed by atoms with Crippen LogP contribution in [0.5, 0.6) is 0 Å². The maximum Gasteiger partial charge on any atom is 0.417 e. The number of alkyl halides is 5. The number of sulfonamides is 1. The van der Waals surface area contributed by atoms with Crippen LogP contribution in [0.15, 0.2) is 23.1 Å². The Hall–Kier alpha value is -2.20. The van der Waals surface area contributed by atoms with E-state index >= 15 is 0 Å². The van der Waals surface area contributed by atoms with Crippen molar-refractivity contribution in [2.45, 2.75) is 69.2 Å². The van der Waals surface area contributed by atoms with E-state index in [1.807, 2.05) is 4.72 Å². The minimum Gasteiger partial charge on any atom is -0.394 e. The fourth-order valence-electron chi connectivity index (χ4n) is 3.74. The molecule has 0 saturated heterocycles. The van der Waals surface area contributed by atoms with Gasteiger partial charge in [0, 0.05) is 12.0 Å². The van der Waals surface area contributed by atoms with Crippen LogP contribution in [0.1, 0.15) is 50.4 Å². The smallest absolute Gasteiger partial charge is 0.394 e. The second-order valence-corrected chi connectivity index (χ2v) is 12.1. The van der Waals surface area contributed by atoms with Crippen LogP contribution in [-0.4, -0.2) is 51.3 Å². The lowest BCUT2D eigenvalue weighted by Crippen LogP contribution is -2.51. The number of imidazole rings is 1. The lowest BCUT2D eigenvalue weighted by atomic mass is 9.97. The van der Waals surface area contributed by atoms with Crippen LogP contribution in [0.4, 0.5) is 22.0 Å². The average Bonchev–Trinajstić information content (AvgIpc) is 3.21. The summed E-state index contributed by atoms with van der Waals surface area (Å²) in [5, 5.41) is 24.4. The van der Waals surface area contributed by atoms with Crippen LogP contribution in [0.3, 0.4) is 0 Å². The normalized spacial score (nSPS) is 15.4. The Morgan fingerprint density at radius 2 is 1.72 bits per heavy atom. The van der Waals surface area contributed by atoms with E-state index in [0.29, 0.717) is 23.6 Å². The van der Waals surface area contributed by atoms with Crippen molar-refractivity contribution in [3.8, 4) is 11.3 Å². The Balaban J connectivity index is 2.21. The predicted octanol–water partition coefficient (Wildman–Crippen LogP) is 4.09. The summed E-state index contributed by atoms with van der Waals surface area (Å²) < 4.78 is 98.0. The van der Waals surface area contributed by atoms with Gasteiger partial charge in [-0.1, -0.05) is 17.4 Å². The molecule has 1 atom stereocenters. The number of halogens is 5. The molecule has 1 unspecified atom stereocenters. The minimum absolute atomic E-state index is 0.00694. The van der Waals surface area contributed by atoms with Crippen LogP contribution < -0.4 is 4.72 Å². The molecule has 0 radical (unpaired) electrons. The Labute approximate surface area is 207 Å². The fraction of sp³-hybridized carbons (Fsp3) is 0.524. The largest absolute Gasteiger partial charge is 0.417 e. The van der Waals surface area contributed by atoms with Gasteiger partial charge >= 0.3 is 6.18 Å². The van der Waals surface area contributed by atoms with E-state index in [-0.39, 0.29) is 16.3 Å². The quantitative estimate of drug-likeness (QED) is 0.360. The SMILES string of the molecule is Cc1nc2sc(C(C)(C)O)nn2c1-c1ccc(C(F)(F)F)c(S(=O)(=O)NC(C)(CO)CC(C)(F)F)c1. The monoisotopic (exact) mass is 556 g/mol. The zero-order valence-corrected chi connectivity index (χ0v) is 21.5. The van der Waals surface area contributed by atoms with Crippen molar-refractivity contribution in [2.24, 2.45) is 0 Å². The molecular formula is C21H25F5N4O4S2. The van der Waals surface area contributed by atoms with Gasteiger partial charge in [0.1, 0.15) is 10.6 Å². The molecule has 0 aliphatic heterocycles. The van der Waals surface area contributed by atoms with Crippen LogP contribution in [-0.2, 0) is 21.8 Å². The molecule has 8 nitrogen and oxygen atoms in total. The summed E-state index contributed by atoms with van der Waals surface area (Å²) in [5.74, 6) is -3.42. The highest BCUT2D eigenvalue weighted by molar-refractivity contribution is 7.89. The van der Waals surface area contributed by atoms with Gasteiger partial charge in [-0.05, 0) is 46.8 Å². The Kier molecular flexibility index (Phi) is 7.07. The van der Waals surface area contributed by atoms with Gasteiger partial charge in [0.05, 0.1) is 34.0 Å². The molecule has 3 N–H and O–H groups in total. The van der Waals surface area contributed by atoms with Gasteiger partial charge in [0.15, 0.2) is 0 Å². The summed E-state index contributed by atoms with van der Waals surface area (Å²) in [6.45, 7) is 4.92. The van der Waals surface area contributed by atoms with Crippen molar-refractivity contribution < 1.29 is 40.6 Å². The molecule has 0 fully saturated rings. The van der Waals surface area contributed by atoms with Gasteiger partial charge in [-0.2, -0.15) is 18.3 Å². The molecule has 2 heterocycles. The molecule has 1 aromatic carbocycles. The molecule has 36 heavy (non-hydrogen) atoms. The second kappa shape index (κ2) is 8.97. The molecule has 3 rings (SSSR count). The van der Waals surface area contributed by atoms with Crippen molar-refractivity contribution >= 4 is 26.3 Å². The first-order valence-corrected chi connectivity index (χ1v) is 12.8. The van der Waals surface area contributed by atoms with Gasteiger partial charge in [0.25, 0.3) is 0 Å². The topological polar surface area (TPSA) is 117 Å². The lowest BCUT2D eigenvalue weighted by Gasteiger charge is -2.31. The maximum atomic E-state index is 13.8. The molecule has 200 valence electrons. The third-order valence-electron chi connectivity index (χ3n) is 5.18. The van der Waals surface area contributed by atoms with Crippen molar-refractivity contribution in [3.63, 3.8) is 0 Å². The molecule has 0 aliphatic rings. The number of hydrogen-bond acceptors (Lipinski definition) is 7. The van der Waals surface area contributed by atoms with Crippen LogP contribution in [0.2, 0.25) is 0 Å². The summed E-state index contributed by atoms with van der Waals surface area (Å²) in [7, 11) is -5.06. The van der Waals surface area contributed by atoms with E-state index in [9.17, 15) is 40.6 Å². The molecule has 0 amide bonds. The molecule has 0 saturated carbocycles. The van der Waals surface area contributed by atoms with E-state index in [2.05, 4.69) is 10.1 Å². The van der Waals surface area contributed by atoms with E-state index in [4.69, 9.17) is 0 Å². The first-order valence-electron chi connectivity index (χ1n) is 10.5. The van der Waals surface area contributed by atoms with Gasteiger partial charge in [-0.3, -0.25) is 0 Å². The van der Waals surface area contributed by atoms with Crippen molar-refractivity contribution in [1.82, 2.24) is 19.3 Å². The molecule has 15 heteroatoms. The summed E-state index contributed by atoms with van der Waals surface area (Å²) in [6, 6.07) is 2.37. The van der Waals surface area contributed by atoms with Crippen molar-refractivity contribution in [2.75, 3.05) is 6.61 Å².